The van der Waals surface area contributed by atoms with Gasteiger partial charge in [-0.05, 0) is 31.6 Å². The minimum atomic E-state index is 0.301. The van der Waals surface area contributed by atoms with Crippen LogP contribution in [0.4, 0.5) is 5.13 Å². The monoisotopic (exact) mass is 255 g/mol. The topological polar surface area (TPSA) is 49.2 Å². The molecular weight excluding hydrogens is 234 g/mol. The molecule has 1 aliphatic heterocycles. The summed E-state index contributed by atoms with van der Waals surface area (Å²) in [5, 5.41) is 10.1. The predicted octanol–water partition coefficient (Wildman–Crippen LogP) is 2.09. The van der Waals surface area contributed by atoms with Crippen LogP contribution in [0.25, 0.3) is 0 Å². The van der Waals surface area contributed by atoms with Crippen molar-refractivity contribution in [1.82, 2.24) is 9.36 Å². The van der Waals surface area contributed by atoms with E-state index in [-0.39, 0.29) is 0 Å². The van der Waals surface area contributed by atoms with Gasteiger partial charge in [-0.25, -0.2) is 4.98 Å². The van der Waals surface area contributed by atoms with Crippen LogP contribution in [0, 0.1) is 5.92 Å². The molecular formula is C12H21N3OS. The molecule has 1 saturated heterocycles. The molecule has 2 rings (SSSR count). The molecule has 1 aromatic heterocycles. The van der Waals surface area contributed by atoms with E-state index in [9.17, 15) is 0 Å². The summed E-state index contributed by atoms with van der Waals surface area (Å²) in [5.74, 6) is 1.60. The van der Waals surface area contributed by atoms with Crippen LogP contribution in [-0.2, 0) is 6.42 Å². The summed E-state index contributed by atoms with van der Waals surface area (Å²) in [4.78, 5) is 6.92. The minimum absolute atomic E-state index is 0.301. The molecule has 2 heterocycles. The molecule has 96 valence electrons. The Morgan fingerprint density at radius 2 is 2.41 bits per heavy atom. The second-order valence-electron chi connectivity index (χ2n) is 4.71. The van der Waals surface area contributed by atoms with Crippen LogP contribution in [0.15, 0.2) is 0 Å². The van der Waals surface area contributed by atoms with Gasteiger partial charge in [-0.2, -0.15) is 4.37 Å². The first-order valence-electron chi connectivity index (χ1n) is 6.52. The molecule has 4 nitrogen and oxygen atoms in total. The zero-order chi connectivity index (χ0) is 12.1. The number of aliphatic hydroxyl groups is 1. The van der Waals surface area contributed by atoms with E-state index in [1.165, 1.54) is 24.4 Å². The summed E-state index contributed by atoms with van der Waals surface area (Å²) < 4.78 is 4.39. The van der Waals surface area contributed by atoms with Crippen molar-refractivity contribution in [3.8, 4) is 0 Å². The van der Waals surface area contributed by atoms with Gasteiger partial charge in [0.15, 0.2) is 0 Å². The van der Waals surface area contributed by atoms with E-state index in [0.29, 0.717) is 12.5 Å². The van der Waals surface area contributed by atoms with Crippen molar-refractivity contribution in [2.75, 3.05) is 24.6 Å². The second kappa shape index (κ2) is 6.31. The van der Waals surface area contributed by atoms with E-state index in [1.54, 1.807) is 0 Å². The number of hydrogen-bond donors (Lipinski definition) is 1. The molecule has 0 saturated carbocycles. The number of aryl methyl sites for hydroxylation is 1. The summed E-state index contributed by atoms with van der Waals surface area (Å²) in [6.07, 6.45) is 5.43. The van der Waals surface area contributed by atoms with Crippen molar-refractivity contribution in [2.24, 2.45) is 5.92 Å². The summed E-state index contributed by atoms with van der Waals surface area (Å²) in [6, 6.07) is 0. The fourth-order valence-electron chi connectivity index (χ4n) is 2.36. The number of piperidine rings is 1. The maximum absolute atomic E-state index is 9.01. The fourth-order valence-corrected chi connectivity index (χ4v) is 3.10. The van der Waals surface area contributed by atoms with Crippen molar-refractivity contribution in [3.63, 3.8) is 0 Å². The minimum Gasteiger partial charge on any atom is -0.396 e. The lowest BCUT2D eigenvalue weighted by molar-refractivity contribution is 0.244. The second-order valence-corrected chi connectivity index (χ2v) is 5.44. The van der Waals surface area contributed by atoms with Crippen LogP contribution in [0.5, 0.6) is 0 Å². The molecule has 0 aliphatic carbocycles. The molecule has 0 aromatic carbocycles. The van der Waals surface area contributed by atoms with Crippen LogP contribution in [0.1, 0.15) is 38.4 Å². The first-order chi connectivity index (χ1) is 8.33. The number of hydrogen-bond acceptors (Lipinski definition) is 5. The average Bonchev–Trinajstić information content (AvgIpc) is 2.79. The zero-order valence-electron chi connectivity index (χ0n) is 10.4. The maximum atomic E-state index is 9.01. The number of rotatable bonds is 5. The Labute approximate surface area is 107 Å². The van der Waals surface area contributed by atoms with E-state index in [4.69, 9.17) is 5.11 Å². The smallest absolute Gasteiger partial charge is 0.205 e. The SMILES string of the molecule is CCCc1nsc(N2CCCC(CCO)C2)n1. The highest BCUT2D eigenvalue weighted by Crippen LogP contribution is 2.26. The highest BCUT2D eigenvalue weighted by atomic mass is 32.1. The number of nitrogens with zero attached hydrogens (tertiary/aromatic N) is 3. The van der Waals surface area contributed by atoms with Crippen LogP contribution in [0.2, 0.25) is 0 Å². The highest BCUT2D eigenvalue weighted by molar-refractivity contribution is 7.09. The van der Waals surface area contributed by atoms with Crippen LogP contribution in [-0.4, -0.2) is 34.2 Å². The Kier molecular flexibility index (Phi) is 4.74. The van der Waals surface area contributed by atoms with Gasteiger partial charge in [0.2, 0.25) is 5.13 Å². The van der Waals surface area contributed by atoms with E-state index in [2.05, 4.69) is 21.2 Å². The molecule has 1 unspecified atom stereocenters. The molecule has 5 heteroatoms. The largest absolute Gasteiger partial charge is 0.396 e. The number of aromatic nitrogens is 2. The number of aliphatic hydroxyl groups excluding tert-OH is 1. The standard InChI is InChI=1S/C12H21N3OS/c1-2-4-11-13-12(17-14-11)15-7-3-5-10(9-15)6-8-16/h10,16H,2-9H2,1H3. The molecule has 1 atom stereocenters. The summed E-state index contributed by atoms with van der Waals surface area (Å²) in [6.45, 7) is 4.57. The van der Waals surface area contributed by atoms with Crippen LogP contribution >= 0.6 is 11.5 Å². The Morgan fingerprint density at radius 1 is 1.53 bits per heavy atom. The molecule has 0 spiro atoms. The van der Waals surface area contributed by atoms with Crippen molar-refractivity contribution < 1.29 is 5.11 Å². The lowest BCUT2D eigenvalue weighted by Gasteiger charge is -2.31. The van der Waals surface area contributed by atoms with Gasteiger partial charge in [0, 0.05) is 37.6 Å². The molecule has 1 N–H and O–H groups in total. The van der Waals surface area contributed by atoms with Gasteiger partial charge < -0.3 is 10.0 Å². The van der Waals surface area contributed by atoms with Crippen molar-refractivity contribution >= 4 is 16.7 Å². The Hall–Kier alpha value is -0.680. The van der Waals surface area contributed by atoms with Gasteiger partial charge >= 0.3 is 0 Å². The predicted molar refractivity (Wildman–Crippen MR) is 70.5 cm³/mol. The van der Waals surface area contributed by atoms with Gasteiger partial charge in [0.25, 0.3) is 0 Å². The van der Waals surface area contributed by atoms with E-state index in [0.717, 1.165) is 43.3 Å². The van der Waals surface area contributed by atoms with Crippen molar-refractivity contribution in [1.29, 1.82) is 0 Å². The molecule has 0 radical (unpaired) electrons. The van der Waals surface area contributed by atoms with Crippen molar-refractivity contribution in [3.05, 3.63) is 5.82 Å². The van der Waals surface area contributed by atoms with Gasteiger partial charge in [-0.15, -0.1) is 0 Å². The fraction of sp³-hybridized carbons (Fsp3) is 0.833. The first-order valence-corrected chi connectivity index (χ1v) is 7.29. The third-order valence-corrected chi connectivity index (χ3v) is 4.07. The number of anilines is 1. The van der Waals surface area contributed by atoms with Crippen molar-refractivity contribution in [2.45, 2.75) is 39.0 Å². The third kappa shape index (κ3) is 3.39. The summed E-state index contributed by atoms with van der Waals surface area (Å²) >= 11 is 1.52. The van der Waals surface area contributed by atoms with E-state index >= 15 is 0 Å². The lowest BCUT2D eigenvalue weighted by Crippen LogP contribution is -2.35. The molecule has 1 aromatic rings. The Bertz CT molecular complexity index is 340. The lowest BCUT2D eigenvalue weighted by atomic mass is 9.95. The van der Waals surface area contributed by atoms with Gasteiger partial charge in [0.05, 0.1) is 0 Å². The normalized spacial score (nSPS) is 20.8. The van der Waals surface area contributed by atoms with E-state index in [1.807, 2.05) is 0 Å². The summed E-state index contributed by atoms with van der Waals surface area (Å²) in [5.41, 5.74) is 0. The molecule has 1 aliphatic rings. The van der Waals surface area contributed by atoms with E-state index < -0.39 is 0 Å². The van der Waals surface area contributed by atoms with Gasteiger partial charge in [-0.1, -0.05) is 6.92 Å². The summed E-state index contributed by atoms with van der Waals surface area (Å²) in [7, 11) is 0. The highest BCUT2D eigenvalue weighted by Gasteiger charge is 2.22. The Morgan fingerprint density at radius 3 is 3.18 bits per heavy atom. The molecule has 0 bridgehead atoms. The Balaban J connectivity index is 1.95. The zero-order valence-corrected chi connectivity index (χ0v) is 11.2. The van der Waals surface area contributed by atoms with Crippen LogP contribution in [0.3, 0.4) is 0 Å². The molecule has 17 heavy (non-hydrogen) atoms. The molecule has 0 amide bonds. The quantitative estimate of drug-likeness (QED) is 0.875. The van der Waals surface area contributed by atoms with Gasteiger partial charge in [-0.3, -0.25) is 0 Å². The molecule has 1 fully saturated rings. The first kappa shape index (κ1) is 12.8. The maximum Gasteiger partial charge on any atom is 0.205 e. The third-order valence-electron chi connectivity index (χ3n) is 3.26. The van der Waals surface area contributed by atoms with Gasteiger partial charge in [0.1, 0.15) is 5.82 Å². The average molecular weight is 255 g/mol. The van der Waals surface area contributed by atoms with Crippen LogP contribution < -0.4 is 4.90 Å².